The first-order valence-corrected chi connectivity index (χ1v) is 6.79. The van der Waals surface area contributed by atoms with Crippen molar-refractivity contribution in [2.24, 2.45) is 5.92 Å². The van der Waals surface area contributed by atoms with Crippen molar-refractivity contribution in [3.8, 4) is 5.75 Å². The molecule has 20 heavy (non-hydrogen) atoms. The van der Waals surface area contributed by atoms with Gasteiger partial charge in [-0.25, -0.2) is 4.79 Å². The summed E-state index contributed by atoms with van der Waals surface area (Å²) in [6.45, 7) is 1.48. The normalized spacial score (nSPS) is 13.8. The van der Waals surface area contributed by atoms with Crippen LogP contribution in [0.5, 0.6) is 5.75 Å². The van der Waals surface area contributed by atoms with E-state index in [0.29, 0.717) is 12.2 Å². The summed E-state index contributed by atoms with van der Waals surface area (Å²) in [6.07, 6.45) is 4.02. The molecule has 0 aromatic heterocycles. The number of aryl methyl sites for hydroxylation is 1. The molecule has 0 atom stereocenters. The number of carboxylic acids is 1. The number of carbonyl (C=O) groups excluding carboxylic acids is 1. The van der Waals surface area contributed by atoms with Crippen LogP contribution in [-0.4, -0.2) is 23.6 Å². The van der Waals surface area contributed by atoms with Gasteiger partial charge in [0, 0.05) is 12.1 Å². The van der Waals surface area contributed by atoms with Crippen molar-refractivity contribution < 1.29 is 19.4 Å². The number of hydrogen-bond acceptors (Lipinski definition) is 3. The van der Waals surface area contributed by atoms with Crippen molar-refractivity contribution in [3.63, 3.8) is 0 Å². The minimum Gasteiger partial charge on any atom is -0.482 e. The summed E-state index contributed by atoms with van der Waals surface area (Å²) in [4.78, 5) is 22.2. The summed E-state index contributed by atoms with van der Waals surface area (Å²) in [7, 11) is 0. The molecule has 108 valence electrons. The zero-order valence-electron chi connectivity index (χ0n) is 11.5. The number of anilines is 1. The average Bonchev–Trinajstić information content (AvgIpc) is 3.21. The first kappa shape index (κ1) is 14.4. The van der Waals surface area contributed by atoms with Gasteiger partial charge >= 0.3 is 5.97 Å². The number of carbonyl (C=O) groups is 2. The Bertz CT molecular complexity index is 509. The van der Waals surface area contributed by atoms with Crippen LogP contribution in [-0.2, 0) is 9.59 Å². The van der Waals surface area contributed by atoms with Crippen molar-refractivity contribution in [3.05, 3.63) is 23.8 Å². The minimum absolute atomic E-state index is 0.0270. The van der Waals surface area contributed by atoms with E-state index in [2.05, 4.69) is 5.32 Å². The quantitative estimate of drug-likeness (QED) is 0.803. The lowest BCUT2D eigenvalue weighted by Gasteiger charge is -2.10. The smallest absolute Gasteiger partial charge is 0.341 e. The molecule has 0 unspecified atom stereocenters. The third kappa shape index (κ3) is 4.57. The van der Waals surface area contributed by atoms with Gasteiger partial charge in [-0.05, 0) is 43.0 Å². The molecule has 0 heterocycles. The number of ether oxygens (including phenoxy) is 1. The molecule has 0 aliphatic heterocycles. The first-order chi connectivity index (χ1) is 9.54. The van der Waals surface area contributed by atoms with E-state index in [1.54, 1.807) is 18.2 Å². The van der Waals surface area contributed by atoms with Gasteiger partial charge in [0.1, 0.15) is 5.75 Å². The second-order valence-electron chi connectivity index (χ2n) is 5.19. The second kappa shape index (κ2) is 6.41. The van der Waals surface area contributed by atoms with E-state index in [1.807, 2.05) is 6.92 Å². The fraction of sp³-hybridized carbons (Fsp3) is 0.467. The maximum Gasteiger partial charge on any atom is 0.341 e. The van der Waals surface area contributed by atoms with Crippen molar-refractivity contribution in [2.45, 2.75) is 32.6 Å². The minimum atomic E-state index is -1.01. The van der Waals surface area contributed by atoms with Crippen molar-refractivity contribution in [1.82, 2.24) is 0 Å². The molecular formula is C15H19NO4. The van der Waals surface area contributed by atoms with Crippen LogP contribution in [0.25, 0.3) is 0 Å². The number of rotatable bonds is 7. The summed E-state index contributed by atoms with van der Waals surface area (Å²) in [5, 5.41) is 11.4. The van der Waals surface area contributed by atoms with Gasteiger partial charge in [0.25, 0.3) is 0 Å². The second-order valence-corrected chi connectivity index (χ2v) is 5.19. The van der Waals surface area contributed by atoms with Crippen LogP contribution < -0.4 is 10.1 Å². The van der Waals surface area contributed by atoms with E-state index >= 15 is 0 Å². The molecule has 1 aromatic carbocycles. The van der Waals surface area contributed by atoms with Crippen LogP contribution in [0.2, 0.25) is 0 Å². The number of aliphatic carboxylic acids is 1. The highest BCUT2D eigenvalue weighted by Crippen LogP contribution is 2.33. The molecule has 0 saturated heterocycles. The van der Waals surface area contributed by atoms with Gasteiger partial charge in [0.15, 0.2) is 6.61 Å². The van der Waals surface area contributed by atoms with Crippen molar-refractivity contribution in [2.75, 3.05) is 11.9 Å². The zero-order valence-corrected chi connectivity index (χ0v) is 11.5. The van der Waals surface area contributed by atoms with Crippen molar-refractivity contribution >= 4 is 17.6 Å². The average molecular weight is 277 g/mol. The Labute approximate surface area is 117 Å². The highest BCUT2D eigenvalue weighted by Gasteiger charge is 2.21. The molecule has 1 aromatic rings. The van der Waals surface area contributed by atoms with Crippen LogP contribution in [0, 0.1) is 12.8 Å². The molecule has 1 amide bonds. The fourth-order valence-corrected chi connectivity index (χ4v) is 1.97. The van der Waals surface area contributed by atoms with Crippen LogP contribution in [0.15, 0.2) is 18.2 Å². The SMILES string of the molecule is Cc1cc(OCC(=O)O)ccc1NC(=O)CCC1CC1. The lowest BCUT2D eigenvalue weighted by molar-refractivity contribution is -0.139. The molecule has 0 bridgehead atoms. The Morgan fingerprint density at radius 3 is 2.75 bits per heavy atom. The fourth-order valence-electron chi connectivity index (χ4n) is 1.97. The Morgan fingerprint density at radius 2 is 2.15 bits per heavy atom. The highest BCUT2D eigenvalue weighted by atomic mass is 16.5. The number of hydrogen-bond donors (Lipinski definition) is 2. The highest BCUT2D eigenvalue weighted by molar-refractivity contribution is 5.91. The Morgan fingerprint density at radius 1 is 1.40 bits per heavy atom. The van der Waals surface area contributed by atoms with Gasteiger partial charge in [-0.15, -0.1) is 0 Å². The van der Waals surface area contributed by atoms with E-state index in [-0.39, 0.29) is 12.5 Å². The molecule has 1 fully saturated rings. The van der Waals surface area contributed by atoms with E-state index < -0.39 is 5.97 Å². The maximum absolute atomic E-state index is 11.8. The molecule has 0 radical (unpaired) electrons. The summed E-state index contributed by atoms with van der Waals surface area (Å²) >= 11 is 0. The first-order valence-electron chi connectivity index (χ1n) is 6.79. The number of amides is 1. The topological polar surface area (TPSA) is 75.6 Å². The molecular weight excluding hydrogens is 258 g/mol. The van der Waals surface area contributed by atoms with E-state index in [1.165, 1.54) is 12.8 Å². The van der Waals surface area contributed by atoms with Gasteiger partial charge in [-0.2, -0.15) is 0 Å². The summed E-state index contributed by atoms with van der Waals surface area (Å²) in [5.74, 6) is 0.244. The number of nitrogens with one attached hydrogen (secondary N) is 1. The van der Waals surface area contributed by atoms with Crippen LogP contribution in [0.3, 0.4) is 0 Å². The van der Waals surface area contributed by atoms with Gasteiger partial charge in [0.2, 0.25) is 5.91 Å². The monoisotopic (exact) mass is 277 g/mol. The summed E-state index contributed by atoms with van der Waals surface area (Å²) in [6, 6.07) is 5.12. The van der Waals surface area contributed by atoms with Crippen molar-refractivity contribution in [1.29, 1.82) is 0 Å². The van der Waals surface area contributed by atoms with E-state index in [0.717, 1.165) is 23.6 Å². The lowest BCUT2D eigenvalue weighted by Crippen LogP contribution is -2.13. The molecule has 1 aliphatic carbocycles. The molecule has 1 aliphatic rings. The molecule has 5 heteroatoms. The third-order valence-corrected chi connectivity index (χ3v) is 3.31. The Kier molecular flexibility index (Phi) is 4.61. The van der Waals surface area contributed by atoms with Gasteiger partial charge in [-0.1, -0.05) is 12.8 Å². The van der Waals surface area contributed by atoms with Gasteiger partial charge in [-0.3, -0.25) is 4.79 Å². The standard InChI is InChI=1S/C15H19NO4/c1-10-8-12(20-9-15(18)19)5-6-13(10)16-14(17)7-4-11-2-3-11/h5-6,8,11H,2-4,7,9H2,1H3,(H,16,17)(H,18,19). The number of carboxylic acid groups (broad SMARTS) is 1. The molecule has 1 saturated carbocycles. The van der Waals surface area contributed by atoms with E-state index in [4.69, 9.17) is 9.84 Å². The number of benzene rings is 1. The maximum atomic E-state index is 11.8. The van der Waals surface area contributed by atoms with E-state index in [9.17, 15) is 9.59 Å². The molecule has 2 N–H and O–H groups in total. The Hall–Kier alpha value is -2.04. The lowest BCUT2D eigenvalue weighted by atomic mass is 10.1. The molecule has 2 rings (SSSR count). The van der Waals surface area contributed by atoms with Gasteiger partial charge in [0.05, 0.1) is 0 Å². The van der Waals surface area contributed by atoms with Crippen LogP contribution in [0.1, 0.15) is 31.2 Å². The summed E-state index contributed by atoms with van der Waals surface area (Å²) < 4.78 is 5.08. The largest absolute Gasteiger partial charge is 0.482 e. The predicted octanol–water partition coefficient (Wildman–Crippen LogP) is 2.59. The third-order valence-electron chi connectivity index (χ3n) is 3.31. The summed E-state index contributed by atoms with van der Waals surface area (Å²) in [5.41, 5.74) is 1.60. The Balaban J connectivity index is 1.87. The van der Waals surface area contributed by atoms with Crippen LogP contribution >= 0.6 is 0 Å². The van der Waals surface area contributed by atoms with Gasteiger partial charge < -0.3 is 15.2 Å². The molecule has 0 spiro atoms. The predicted molar refractivity (Wildman–Crippen MR) is 74.9 cm³/mol. The molecule has 5 nitrogen and oxygen atoms in total. The zero-order chi connectivity index (χ0) is 14.5. The van der Waals surface area contributed by atoms with Crippen LogP contribution in [0.4, 0.5) is 5.69 Å².